The van der Waals surface area contributed by atoms with Gasteiger partial charge in [-0.2, -0.15) is 0 Å². The minimum atomic E-state index is 0.280. The maximum absolute atomic E-state index is 5.85. The van der Waals surface area contributed by atoms with Crippen LogP contribution in [-0.4, -0.2) is 9.97 Å². The molecule has 0 unspecified atom stereocenters. The van der Waals surface area contributed by atoms with Crippen molar-refractivity contribution in [3.05, 3.63) is 32.5 Å². The lowest BCUT2D eigenvalue weighted by molar-refractivity contribution is 1.22. The third-order valence-corrected chi connectivity index (χ3v) is 3.32. The van der Waals surface area contributed by atoms with E-state index in [0.29, 0.717) is 10.7 Å². The van der Waals surface area contributed by atoms with Gasteiger partial charge in [0.15, 0.2) is 5.65 Å². The van der Waals surface area contributed by atoms with Crippen LogP contribution in [-0.2, 0) is 0 Å². The first-order valence-electron chi connectivity index (χ1n) is 3.87. The molecule has 0 bridgehead atoms. The zero-order valence-electron chi connectivity index (χ0n) is 7.18. The molecular weight excluding hydrogens is 287 g/mol. The van der Waals surface area contributed by atoms with Gasteiger partial charge < -0.3 is 0 Å². The van der Waals surface area contributed by atoms with Gasteiger partial charge in [0.1, 0.15) is 9.76 Å². The Hall–Kier alpha value is -0.380. The molecular formula is C9H5BrCl2N2. The van der Waals surface area contributed by atoms with E-state index in [9.17, 15) is 0 Å². The van der Waals surface area contributed by atoms with Crippen molar-refractivity contribution in [1.29, 1.82) is 0 Å². The van der Waals surface area contributed by atoms with Gasteiger partial charge in [0.25, 0.3) is 0 Å². The zero-order chi connectivity index (χ0) is 10.3. The summed E-state index contributed by atoms with van der Waals surface area (Å²) in [6.45, 7) is 1.96. The largest absolute Gasteiger partial charge is 0.221 e. The Morgan fingerprint density at radius 2 is 1.93 bits per heavy atom. The number of aromatic nitrogens is 2. The summed E-state index contributed by atoms with van der Waals surface area (Å²) in [6, 6.07) is 3.72. The Morgan fingerprint density at radius 1 is 1.21 bits per heavy atom. The average molecular weight is 292 g/mol. The van der Waals surface area contributed by atoms with E-state index in [1.807, 2.05) is 13.0 Å². The molecule has 0 spiro atoms. The quantitative estimate of drug-likeness (QED) is 0.686. The second kappa shape index (κ2) is 3.65. The summed E-state index contributed by atoms with van der Waals surface area (Å²) in [6.07, 6.45) is 0. The van der Waals surface area contributed by atoms with Crippen LogP contribution in [0, 0.1) is 6.92 Å². The van der Waals surface area contributed by atoms with Crippen molar-refractivity contribution in [1.82, 2.24) is 9.97 Å². The lowest BCUT2D eigenvalue weighted by Gasteiger charge is -2.02. The van der Waals surface area contributed by atoms with Crippen molar-refractivity contribution in [2.45, 2.75) is 6.92 Å². The Balaban J connectivity index is 2.83. The zero-order valence-corrected chi connectivity index (χ0v) is 10.3. The van der Waals surface area contributed by atoms with Gasteiger partial charge in [0.2, 0.25) is 0 Å². The molecule has 2 rings (SSSR count). The van der Waals surface area contributed by atoms with Gasteiger partial charge in [-0.05, 0) is 40.5 Å². The molecule has 0 aliphatic rings. The van der Waals surface area contributed by atoms with Crippen LogP contribution in [0.1, 0.15) is 5.56 Å². The van der Waals surface area contributed by atoms with Gasteiger partial charge >= 0.3 is 0 Å². The Kier molecular flexibility index (Phi) is 2.64. The van der Waals surface area contributed by atoms with Crippen molar-refractivity contribution >= 4 is 50.2 Å². The maximum atomic E-state index is 5.85. The van der Waals surface area contributed by atoms with Gasteiger partial charge in [0, 0.05) is 5.39 Å². The van der Waals surface area contributed by atoms with Gasteiger partial charge in [-0.1, -0.05) is 23.2 Å². The van der Waals surface area contributed by atoms with E-state index < -0.39 is 0 Å². The van der Waals surface area contributed by atoms with Crippen molar-refractivity contribution in [2.75, 3.05) is 0 Å². The molecule has 2 heterocycles. The van der Waals surface area contributed by atoms with Crippen LogP contribution in [0.2, 0.25) is 10.2 Å². The summed E-state index contributed by atoms with van der Waals surface area (Å²) in [7, 11) is 0. The summed E-state index contributed by atoms with van der Waals surface area (Å²) in [5, 5.41) is 1.62. The standard InChI is InChI=1S/C9H5BrCl2N2/c1-4-2-5-3-6(11)8(12)14-9(5)13-7(4)10/h2-3H,1H3. The van der Waals surface area contributed by atoms with E-state index in [-0.39, 0.29) is 5.15 Å². The van der Waals surface area contributed by atoms with E-state index in [1.54, 1.807) is 6.07 Å². The Labute approximate surface area is 99.4 Å². The highest BCUT2D eigenvalue weighted by molar-refractivity contribution is 9.10. The first-order valence-corrected chi connectivity index (χ1v) is 5.42. The second-order valence-corrected chi connectivity index (χ2v) is 4.42. The normalized spacial score (nSPS) is 10.9. The van der Waals surface area contributed by atoms with Gasteiger partial charge in [-0.25, -0.2) is 9.97 Å². The summed E-state index contributed by atoms with van der Waals surface area (Å²) < 4.78 is 0.774. The highest BCUT2D eigenvalue weighted by Crippen LogP contribution is 2.26. The molecule has 0 aliphatic heterocycles. The highest BCUT2D eigenvalue weighted by atomic mass is 79.9. The van der Waals surface area contributed by atoms with E-state index in [0.717, 1.165) is 15.6 Å². The highest BCUT2D eigenvalue weighted by Gasteiger charge is 2.05. The number of rotatable bonds is 0. The monoisotopic (exact) mass is 290 g/mol. The fourth-order valence-corrected chi connectivity index (χ4v) is 1.72. The van der Waals surface area contributed by atoms with E-state index >= 15 is 0 Å². The third-order valence-electron chi connectivity index (χ3n) is 1.84. The van der Waals surface area contributed by atoms with E-state index in [4.69, 9.17) is 23.2 Å². The summed E-state index contributed by atoms with van der Waals surface area (Å²) in [5.41, 5.74) is 1.63. The van der Waals surface area contributed by atoms with Crippen LogP contribution in [0.3, 0.4) is 0 Å². The fourth-order valence-electron chi connectivity index (χ4n) is 1.14. The predicted octanol–water partition coefficient (Wildman–Crippen LogP) is 4.01. The molecule has 0 saturated carbocycles. The van der Waals surface area contributed by atoms with E-state index in [2.05, 4.69) is 25.9 Å². The first kappa shape index (κ1) is 10.1. The molecule has 0 aliphatic carbocycles. The van der Waals surface area contributed by atoms with Gasteiger partial charge in [-0.15, -0.1) is 0 Å². The molecule has 5 heteroatoms. The number of halogens is 3. The molecule has 0 saturated heterocycles. The minimum absolute atomic E-state index is 0.280. The molecule has 0 atom stereocenters. The minimum Gasteiger partial charge on any atom is -0.221 e. The number of hydrogen-bond acceptors (Lipinski definition) is 2. The van der Waals surface area contributed by atoms with E-state index in [1.165, 1.54) is 0 Å². The van der Waals surface area contributed by atoms with Crippen molar-refractivity contribution in [2.24, 2.45) is 0 Å². The van der Waals surface area contributed by atoms with Crippen LogP contribution >= 0.6 is 39.1 Å². The first-order chi connectivity index (χ1) is 6.58. The van der Waals surface area contributed by atoms with Crippen LogP contribution in [0.4, 0.5) is 0 Å². The molecule has 0 radical (unpaired) electrons. The van der Waals surface area contributed by atoms with Crippen molar-refractivity contribution < 1.29 is 0 Å². The molecule has 0 aromatic carbocycles. The number of hydrogen-bond donors (Lipinski definition) is 0. The number of fused-ring (bicyclic) bond motifs is 1. The Morgan fingerprint density at radius 3 is 2.64 bits per heavy atom. The summed E-state index contributed by atoms with van der Waals surface area (Å²) in [4.78, 5) is 8.31. The van der Waals surface area contributed by atoms with Crippen LogP contribution < -0.4 is 0 Å². The molecule has 0 amide bonds. The van der Waals surface area contributed by atoms with Crippen LogP contribution in [0.25, 0.3) is 11.0 Å². The third kappa shape index (κ3) is 1.72. The van der Waals surface area contributed by atoms with Gasteiger partial charge in [-0.3, -0.25) is 0 Å². The van der Waals surface area contributed by atoms with Crippen molar-refractivity contribution in [3.8, 4) is 0 Å². The molecule has 0 N–H and O–H groups in total. The topological polar surface area (TPSA) is 25.8 Å². The molecule has 0 fully saturated rings. The lowest BCUT2D eigenvalue weighted by Crippen LogP contribution is -1.89. The van der Waals surface area contributed by atoms with Crippen LogP contribution in [0.5, 0.6) is 0 Å². The molecule has 2 nitrogen and oxygen atoms in total. The fraction of sp³-hybridized carbons (Fsp3) is 0.111. The molecule has 2 aromatic rings. The predicted molar refractivity (Wildman–Crippen MR) is 62.0 cm³/mol. The lowest BCUT2D eigenvalue weighted by atomic mass is 10.2. The van der Waals surface area contributed by atoms with Crippen LogP contribution in [0.15, 0.2) is 16.7 Å². The maximum Gasteiger partial charge on any atom is 0.162 e. The summed E-state index contributed by atoms with van der Waals surface area (Å²) in [5.74, 6) is 0. The molecule has 72 valence electrons. The van der Waals surface area contributed by atoms with Crippen molar-refractivity contribution in [3.63, 3.8) is 0 Å². The summed E-state index contributed by atoms with van der Waals surface area (Å²) >= 11 is 15.0. The number of aryl methyl sites for hydroxylation is 1. The van der Waals surface area contributed by atoms with Gasteiger partial charge in [0.05, 0.1) is 5.02 Å². The Bertz CT molecular complexity index is 424. The number of nitrogens with zero attached hydrogens (tertiary/aromatic N) is 2. The smallest absolute Gasteiger partial charge is 0.162 e. The average Bonchev–Trinajstić information content (AvgIpc) is 2.11. The second-order valence-electron chi connectivity index (χ2n) is 2.90. The SMILES string of the molecule is Cc1cc2cc(Cl)c(Cl)nc2nc1Br. The number of pyridine rings is 2. The molecule has 14 heavy (non-hydrogen) atoms. The molecule has 2 aromatic heterocycles.